The van der Waals surface area contributed by atoms with E-state index in [1.54, 1.807) is 13.2 Å². The molecule has 0 saturated carbocycles. The quantitative estimate of drug-likeness (QED) is 0.786. The SMILES string of the molecule is C=CCCC(C)(O)Cc1cc(Cl)ccc1OC. The minimum atomic E-state index is -0.772. The van der Waals surface area contributed by atoms with Crippen LogP contribution in [-0.2, 0) is 6.42 Å². The van der Waals surface area contributed by atoms with Gasteiger partial charge in [0.15, 0.2) is 0 Å². The van der Waals surface area contributed by atoms with Crippen molar-refractivity contribution in [3.05, 3.63) is 41.4 Å². The number of ether oxygens (including phenoxy) is 1. The molecule has 0 aliphatic carbocycles. The predicted octanol–water partition coefficient (Wildman–Crippen LogP) is 3.61. The van der Waals surface area contributed by atoms with Crippen LogP contribution in [0.4, 0.5) is 0 Å². The molecule has 0 amide bonds. The highest BCUT2D eigenvalue weighted by Crippen LogP contribution is 2.28. The van der Waals surface area contributed by atoms with E-state index in [2.05, 4.69) is 6.58 Å². The second kappa shape index (κ2) is 6.08. The number of hydrogen-bond acceptors (Lipinski definition) is 2. The molecule has 0 radical (unpaired) electrons. The fraction of sp³-hybridized carbons (Fsp3) is 0.429. The Labute approximate surface area is 108 Å². The van der Waals surface area contributed by atoms with Crippen molar-refractivity contribution in [2.45, 2.75) is 31.8 Å². The summed E-state index contributed by atoms with van der Waals surface area (Å²) in [5.74, 6) is 0.758. The first-order valence-corrected chi connectivity index (χ1v) is 6.02. The van der Waals surface area contributed by atoms with Gasteiger partial charge in [0.2, 0.25) is 0 Å². The van der Waals surface area contributed by atoms with E-state index in [9.17, 15) is 5.11 Å². The van der Waals surface area contributed by atoms with Gasteiger partial charge in [-0.3, -0.25) is 0 Å². The Morgan fingerprint density at radius 2 is 2.24 bits per heavy atom. The number of rotatable bonds is 6. The van der Waals surface area contributed by atoms with E-state index in [0.717, 1.165) is 17.7 Å². The lowest BCUT2D eigenvalue weighted by Crippen LogP contribution is -2.27. The Morgan fingerprint density at radius 1 is 1.53 bits per heavy atom. The molecule has 1 unspecified atom stereocenters. The minimum Gasteiger partial charge on any atom is -0.496 e. The Kier molecular flexibility index (Phi) is 5.03. The zero-order valence-electron chi connectivity index (χ0n) is 10.4. The fourth-order valence-electron chi connectivity index (χ4n) is 1.80. The highest BCUT2D eigenvalue weighted by atomic mass is 35.5. The Balaban J connectivity index is 2.85. The summed E-state index contributed by atoms with van der Waals surface area (Å²) in [7, 11) is 1.62. The van der Waals surface area contributed by atoms with Crippen LogP contribution in [0.1, 0.15) is 25.3 Å². The van der Waals surface area contributed by atoms with E-state index in [-0.39, 0.29) is 0 Å². The van der Waals surface area contributed by atoms with Gasteiger partial charge in [0, 0.05) is 11.4 Å². The lowest BCUT2D eigenvalue weighted by molar-refractivity contribution is 0.0517. The topological polar surface area (TPSA) is 29.5 Å². The number of hydrogen-bond donors (Lipinski definition) is 1. The third-order valence-corrected chi connectivity index (χ3v) is 2.94. The molecule has 0 aliphatic rings. The van der Waals surface area contributed by atoms with E-state index in [4.69, 9.17) is 16.3 Å². The standard InChI is InChI=1S/C14H19ClO2/c1-4-5-8-14(2,16)10-11-9-12(15)6-7-13(11)17-3/h4,6-7,9,16H,1,5,8,10H2,2-3H3. The summed E-state index contributed by atoms with van der Waals surface area (Å²) < 4.78 is 5.26. The molecular formula is C14H19ClO2. The molecule has 1 rings (SSSR count). The molecule has 0 bridgehead atoms. The van der Waals surface area contributed by atoms with Gasteiger partial charge in [-0.15, -0.1) is 6.58 Å². The summed E-state index contributed by atoms with van der Waals surface area (Å²) in [6.07, 6.45) is 3.79. The predicted molar refractivity (Wildman–Crippen MR) is 71.8 cm³/mol. The van der Waals surface area contributed by atoms with Gasteiger partial charge < -0.3 is 9.84 Å². The molecular weight excluding hydrogens is 236 g/mol. The average molecular weight is 255 g/mol. The number of halogens is 1. The van der Waals surface area contributed by atoms with Crippen molar-refractivity contribution >= 4 is 11.6 Å². The third kappa shape index (κ3) is 4.41. The first-order valence-electron chi connectivity index (χ1n) is 5.64. The van der Waals surface area contributed by atoms with Crippen molar-refractivity contribution in [1.29, 1.82) is 0 Å². The lowest BCUT2D eigenvalue weighted by Gasteiger charge is -2.23. The number of methoxy groups -OCH3 is 1. The zero-order chi connectivity index (χ0) is 12.9. The van der Waals surface area contributed by atoms with E-state index in [0.29, 0.717) is 17.9 Å². The van der Waals surface area contributed by atoms with Crippen molar-refractivity contribution in [1.82, 2.24) is 0 Å². The van der Waals surface area contributed by atoms with Gasteiger partial charge in [-0.2, -0.15) is 0 Å². The van der Waals surface area contributed by atoms with Gasteiger partial charge in [0.1, 0.15) is 5.75 Å². The molecule has 1 N–H and O–H groups in total. The molecule has 2 nitrogen and oxygen atoms in total. The van der Waals surface area contributed by atoms with Crippen LogP contribution < -0.4 is 4.74 Å². The molecule has 1 aromatic carbocycles. The smallest absolute Gasteiger partial charge is 0.122 e. The van der Waals surface area contributed by atoms with Gasteiger partial charge in [0.25, 0.3) is 0 Å². The van der Waals surface area contributed by atoms with Crippen molar-refractivity contribution in [2.24, 2.45) is 0 Å². The summed E-state index contributed by atoms with van der Waals surface area (Å²) in [6.45, 7) is 5.48. The number of allylic oxidation sites excluding steroid dienone is 1. The van der Waals surface area contributed by atoms with Gasteiger partial charge in [-0.1, -0.05) is 17.7 Å². The Bertz CT molecular complexity index is 386. The summed E-state index contributed by atoms with van der Waals surface area (Å²) in [5, 5.41) is 10.9. The number of benzene rings is 1. The van der Waals surface area contributed by atoms with Crippen LogP contribution in [0.2, 0.25) is 5.02 Å². The van der Waals surface area contributed by atoms with Crippen LogP contribution in [0.5, 0.6) is 5.75 Å². The van der Waals surface area contributed by atoms with Crippen molar-refractivity contribution in [3.63, 3.8) is 0 Å². The summed E-state index contributed by atoms with van der Waals surface area (Å²) in [6, 6.07) is 5.44. The molecule has 3 heteroatoms. The first-order chi connectivity index (χ1) is 7.98. The molecule has 94 valence electrons. The van der Waals surface area contributed by atoms with Crippen LogP contribution in [0.25, 0.3) is 0 Å². The molecule has 0 heterocycles. The minimum absolute atomic E-state index is 0.518. The van der Waals surface area contributed by atoms with E-state index in [1.807, 2.05) is 25.1 Å². The largest absolute Gasteiger partial charge is 0.496 e. The van der Waals surface area contributed by atoms with Crippen LogP contribution in [0.15, 0.2) is 30.9 Å². The van der Waals surface area contributed by atoms with E-state index >= 15 is 0 Å². The molecule has 17 heavy (non-hydrogen) atoms. The lowest BCUT2D eigenvalue weighted by atomic mass is 9.91. The van der Waals surface area contributed by atoms with Crippen LogP contribution >= 0.6 is 11.6 Å². The second-order valence-corrected chi connectivity index (χ2v) is 4.89. The first kappa shape index (κ1) is 14.1. The highest BCUT2D eigenvalue weighted by Gasteiger charge is 2.22. The monoisotopic (exact) mass is 254 g/mol. The summed E-state index contributed by atoms with van der Waals surface area (Å²) >= 11 is 5.95. The van der Waals surface area contributed by atoms with Crippen molar-refractivity contribution in [2.75, 3.05) is 7.11 Å². The fourth-order valence-corrected chi connectivity index (χ4v) is 1.99. The van der Waals surface area contributed by atoms with Crippen molar-refractivity contribution < 1.29 is 9.84 Å². The van der Waals surface area contributed by atoms with Crippen LogP contribution in [-0.4, -0.2) is 17.8 Å². The molecule has 0 fully saturated rings. The summed E-state index contributed by atoms with van der Waals surface area (Å²) in [4.78, 5) is 0. The van der Waals surface area contributed by atoms with Crippen LogP contribution in [0.3, 0.4) is 0 Å². The zero-order valence-corrected chi connectivity index (χ0v) is 11.1. The van der Waals surface area contributed by atoms with Crippen molar-refractivity contribution in [3.8, 4) is 5.75 Å². The Morgan fingerprint density at radius 3 is 2.82 bits per heavy atom. The third-order valence-electron chi connectivity index (χ3n) is 2.70. The maximum absolute atomic E-state index is 10.3. The maximum atomic E-state index is 10.3. The maximum Gasteiger partial charge on any atom is 0.122 e. The van der Waals surface area contributed by atoms with Crippen LogP contribution in [0, 0.1) is 0 Å². The van der Waals surface area contributed by atoms with E-state index in [1.165, 1.54) is 0 Å². The van der Waals surface area contributed by atoms with Gasteiger partial charge in [0.05, 0.1) is 12.7 Å². The average Bonchev–Trinajstić information content (AvgIpc) is 2.26. The summed E-state index contributed by atoms with van der Waals surface area (Å²) in [5.41, 5.74) is 0.153. The highest BCUT2D eigenvalue weighted by molar-refractivity contribution is 6.30. The molecule has 1 aromatic rings. The molecule has 0 aromatic heterocycles. The molecule has 0 saturated heterocycles. The second-order valence-electron chi connectivity index (χ2n) is 4.46. The van der Waals surface area contributed by atoms with Gasteiger partial charge in [-0.05, 0) is 43.5 Å². The van der Waals surface area contributed by atoms with E-state index < -0.39 is 5.60 Å². The normalized spacial score (nSPS) is 14.1. The Hall–Kier alpha value is -0.990. The van der Waals surface area contributed by atoms with Gasteiger partial charge >= 0.3 is 0 Å². The molecule has 0 aliphatic heterocycles. The molecule has 1 atom stereocenters. The van der Waals surface area contributed by atoms with Gasteiger partial charge in [-0.25, -0.2) is 0 Å². The molecule has 0 spiro atoms. The number of aliphatic hydroxyl groups is 1.